The minimum absolute atomic E-state index is 0.277. The Bertz CT molecular complexity index is 999. The molecule has 0 spiro atoms. The van der Waals surface area contributed by atoms with Crippen molar-refractivity contribution in [1.29, 1.82) is 0 Å². The van der Waals surface area contributed by atoms with Gasteiger partial charge in [0.15, 0.2) is 0 Å². The molecule has 1 heterocycles. The van der Waals surface area contributed by atoms with E-state index in [0.29, 0.717) is 24.7 Å². The number of nitrogens with zero attached hydrogens (tertiary/aromatic N) is 2. The van der Waals surface area contributed by atoms with E-state index in [2.05, 4.69) is 23.6 Å². The van der Waals surface area contributed by atoms with Gasteiger partial charge in [-0.2, -0.15) is 4.31 Å². The monoisotopic (exact) mass is 430 g/mol. The predicted octanol–water partition coefficient (Wildman–Crippen LogP) is 5.57. The van der Waals surface area contributed by atoms with Crippen LogP contribution < -0.4 is 0 Å². The third-order valence-electron chi connectivity index (χ3n) is 4.92. The van der Waals surface area contributed by atoms with Crippen molar-refractivity contribution < 1.29 is 8.42 Å². The van der Waals surface area contributed by atoms with Crippen molar-refractivity contribution in [1.82, 2.24) is 8.87 Å². The Hall–Kier alpha value is -2.08. The highest BCUT2D eigenvalue weighted by Gasteiger charge is 2.25. The quantitative estimate of drug-likeness (QED) is 0.394. The van der Waals surface area contributed by atoms with E-state index in [1.807, 2.05) is 36.5 Å². The van der Waals surface area contributed by atoms with Crippen LogP contribution in [0.25, 0.3) is 0 Å². The summed E-state index contributed by atoms with van der Waals surface area (Å²) in [6.45, 7) is 3.67. The summed E-state index contributed by atoms with van der Waals surface area (Å²) in [5, 5.41) is 0.526. The van der Waals surface area contributed by atoms with E-state index in [9.17, 15) is 8.42 Å². The van der Waals surface area contributed by atoms with Crippen LogP contribution in [0.1, 0.15) is 37.4 Å². The molecule has 0 fully saturated rings. The van der Waals surface area contributed by atoms with E-state index in [1.165, 1.54) is 5.56 Å². The normalized spacial score (nSPS) is 11.8. The lowest BCUT2D eigenvalue weighted by molar-refractivity contribution is 0.385. The minimum Gasteiger partial charge on any atom is -0.346 e. The SMILES string of the molecule is CCCCCN(Cc1cccn1Cc1ccccc1)S(=O)(=O)c1ccc(Cl)cc1. The first kappa shape index (κ1) is 21.6. The zero-order valence-electron chi connectivity index (χ0n) is 16.7. The fourth-order valence-electron chi connectivity index (χ4n) is 3.29. The Morgan fingerprint density at radius 3 is 2.34 bits per heavy atom. The number of hydrogen-bond donors (Lipinski definition) is 0. The summed E-state index contributed by atoms with van der Waals surface area (Å²) < 4.78 is 30.3. The van der Waals surface area contributed by atoms with Gasteiger partial charge in [-0.3, -0.25) is 0 Å². The second kappa shape index (κ2) is 10.1. The molecule has 3 aromatic rings. The van der Waals surface area contributed by atoms with Gasteiger partial charge in [-0.15, -0.1) is 0 Å². The molecule has 0 N–H and O–H groups in total. The minimum atomic E-state index is -3.60. The van der Waals surface area contributed by atoms with Crippen LogP contribution in [0.3, 0.4) is 0 Å². The first-order valence-electron chi connectivity index (χ1n) is 9.94. The molecule has 2 aromatic carbocycles. The van der Waals surface area contributed by atoms with Crippen LogP contribution >= 0.6 is 11.6 Å². The average molecular weight is 431 g/mol. The summed E-state index contributed by atoms with van der Waals surface area (Å²) in [5.74, 6) is 0. The molecule has 0 atom stereocenters. The molecule has 0 saturated heterocycles. The van der Waals surface area contributed by atoms with Gasteiger partial charge in [0.1, 0.15) is 0 Å². The molecule has 0 aliphatic rings. The molecule has 0 saturated carbocycles. The van der Waals surface area contributed by atoms with Crippen LogP contribution in [0.5, 0.6) is 0 Å². The third kappa shape index (κ3) is 5.72. The lowest BCUT2D eigenvalue weighted by Crippen LogP contribution is -2.32. The summed E-state index contributed by atoms with van der Waals surface area (Å²) in [5.41, 5.74) is 2.16. The van der Waals surface area contributed by atoms with E-state index < -0.39 is 10.0 Å². The van der Waals surface area contributed by atoms with Crippen molar-refractivity contribution in [3.8, 4) is 0 Å². The highest BCUT2D eigenvalue weighted by Crippen LogP contribution is 2.22. The highest BCUT2D eigenvalue weighted by molar-refractivity contribution is 7.89. The Morgan fingerprint density at radius 2 is 1.66 bits per heavy atom. The lowest BCUT2D eigenvalue weighted by atomic mass is 10.2. The standard InChI is InChI=1S/C23H27ClN2O2S/c1-2-3-7-17-26(29(27,28)23-14-12-21(24)13-15-23)19-22-11-8-16-25(22)18-20-9-5-4-6-10-20/h4-6,8-16H,2-3,7,17-19H2,1H3. The summed E-state index contributed by atoms with van der Waals surface area (Å²) in [6, 6.07) is 20.5. The molecule has 0 unspecified atom stereocenters. The molecule has 6 heteroatoms. The van der Waals surface area contributed by atoms with Gasteiger partial charge in [0.25, 0.3) is 0 Å². The maximum Gasteiger partial charge on any atom is 0.243 e. The summed E-state index contributed by atoms with van der Waals surface area (Å²) >= 11 is 5.94. The van der Waals surface area contributed by atoms with Crippen molar-refractivity contribution in [3.63, 3.8) is 0 Å². The zero-order chi connectivity index (χ0) is 20.7. The molecule has 1 aromatic heterocycles. The number of unbranched alkanes of at least 4 members (excludes halogenated alkanes) is 2. The van der Waals surface area contributed by atoms with E-state index in [1.54, 1.807) is 28.6 Å². The van der Waals surface area contributed by atoms with Crippen LogP contribution in [0, 0.1) is 0 Å². The molecule has 0 aliphatic carbocycles. The van der Waals surface area contributed by atoms with Gasteiger partial charge in [-0.1, -0.05) is 61.7 Å². The number of sulfonamides is 1. The van der Waals surface area contributed by atoms with Gasteiger partial charge in [0.05, 0.1) is 11.4 Å². The van der Waals surface area contributed by atoms with Gasteiger partial charge in [0, 0.05) is 30.0 Å². The molecular formula is C23H27ClN2O2S. The maximum absolute atomic E-state index is 13.3. The molecule has 0 radical (unpaired) electrons. The van der Waals surface area contributed by atoms with Crippen molar-refractivity contribution in [2.45, 2.75) is 44.2 Å². The second-order valence-electron chi connectivity index (χ2n) is 7.11. The Balaban J connectivity index is 1.85. The number of rotatable bonds is 10. The molecule has 3 rings (SSSR count). The number of benzene rings is 2. The largest absolute Gasteiger partial charge is 0.346 e. The molecule has 0 bridgehead atoms. The fourth-order valence-corrected chi connectivity index (χ4v) is 4.86. The number of halogens is 1. The van der Waals surface area contributed by atoms with E-state index >= 15 is 0 Å². The van der Waals surface area contributed by atoms with Crippen molar-refractivity contribution >= 4 is 21.6 Å². The maximum atomic E-state index is 13.3. The van der Waals surface area contributed by atoms with E-state index in [0.717, 1.165) is 25.0 Å². The number of aromatic nitrogens is 1. The molecule has 0 amide bonds. The van der Waals surface area contributed by atoms with Gasteiger partial charge in [-0.05, 0) is 48.4 Å². The zero-order valence-corrected chi connectivity index (χ0v) is 18.2. The van der Waals surface area contributed by atoms with Crippen LogP contribution in [0.2, 0.25) is 5.02 Å². The second-order valence-corrected chi connectivity index (χ2v) is 9.49. The highest BCUT2D eigenvalue weighted by atomic mass is 35.5. The molecule has 0 aliphatic heterocycles. The molecule has 29 heavy (non-hydrogen) atoms. The number of hydrogen-bond acceptors (Lipinski definition) is 2. The summed E-state index contributed by atoms with van der Waals surface area (Å²) in [6.07, 6.45) is 4.88. The van der Waals surface area contributed by atoms with Crippen molar-refractivity contribution in [3.05, 3.63) is 89.2 Å². The Morgan fingerprint density at radius 1 is 0.931 bits per heavy atom. The third-order valence-corrected chi connectivity index (χ3v) is 7.03. The average Bonchev–Trinajstić information content (AvgIpc) is 3.15. The molecular weight excluding hydrogens is 404 g/mol. The van der Waals surface area contributed by atoms with Gasteiger partial charge >= 0.3 is 0 Å². The first-order valence-corrected chi connectivity index (χ1v) is 11.8. The van der Waals surface area contributed by atoms with Gasteiger partial charge < -0.3 is 4.57 Å². The fraction of sp³-hybridized carbons (Fsp3) is 0.304. The Labute approximate surface area is 178 Å². The van der Waals surface area contributed by atoms with Crippen molar-refractivity contribution in [2.24, 2.45) is 0 Å². The van der Waals surface area contributed by atoms with Crippen molar-refractivity contribution in [2.75, 3.05) is 6.54 Å². The molecule has 154 valence electrons. The van der Waals surface area contributed by atoms with Crippen LogP contribution in [-0.4, -0.2) is 23.8 Å². The summed E-state index contributed by atoms with van der Waals surface area (Å²) in [7, 11) is -3.60. The molecule has 4 nitrogen and oxygen atoms in total. The summed E-state index contributed by atoms with van der Waals surface area (Å²) in [4.78, 5) is 0.277. The topological polar surface area (TPSA) is 42.3 Å². The first-order chi connectivity index (χ1) is 14.0. The van der Waals surface area contributed by atoms with Crippen LogP contribution in [-0.2, 0) is 23.1 Å². The van der Waals surface area contributed by atoms with E-state index in [-0.39, 0.29) is 4.90 Å². The predicted molar refractivity (Wildman–Crippen MR) is 119 cm³/mol. The van der Waals surface area contributed by atoms with Gasteiger partial charge in [0.2, 0.25) is 10.0 Å². The lowest BCUT2D eigenvalue weighted by Gasteiger charge is -2.23. The van der Waals surface area contributed by atoms with Gasteiger partial charge in [-0.25, -0.2) is 8.42 Å². The van der Waals surface area contributed by atoms with E-state index in [4.69, 9.17) is 11.6 Å². The Kier molecular flexibility index (Phi) is 7.53. The van der Waals surface area contributed by atoms with Crippen LogP contribution in [0.4, 0.5) is 0 Å². The smallest absolute Gasteiger partial charge is 0.243 e. The van der Waals surface area contributed by atoms with Crippen LogP contribution in [0.15, 0.2) is 77.8 Å².